The van der Waals surface area contributed by atoms with Crippen molar-refractivity contribution < 1.29 is 24.9 Å². The number of phenolic OH excluding ortho intramolecular Hbond substituents is 2. The van der Waals surface area contributed by atoms with E-state index in [0.717, 1.165) is 12.1 Å². The Hall–Kier alpha value is -3.89. The standard InChI is InChI=1S/C8H8N2O4.C6H6N2O3/c1-5(11)9-7-3-2-6(10(13)14)4-8(7)12;7-5-2-1-4(8(10)11)3-6(5)9/h2-4,12H,1H3,(H,9,11);1-3,9H,7H2. The topological polar surface area (TPSA) is 182 Å². The number of nitro groups is 2. The van der Waals surface area contributed by atoms with E-state index in [4.69, 9.17) is 10.8 Å². The number of hydrogen-bond acceptors (Lipinski definition) is 8. The first kappa shape index (κ1) is 19.2. The van der Waals surface area contributed by atoms with E-state index in [2.05, 4.69) is 5.32 Å². The van der Waals surface area contributed by atoms with Gasteiger partial charge in [-0.25, -0.2) is 0 Å². The molecule has 2 rings (SSSR count). The van der Waals surface area contributed by atoms with Gasteiger partial charge in [-0.2, -0.15) is 0 Å². The number of nitrogens with two attached hydrogens (primary N) is 1. The third kappa shape index (κ3) is 5.67. The molecule has 11 heteroatoms. The lowest BCUT2D eigenvalue weighted by Crippen LogP contribution is -2.05. The van der Waals surface area contributed by atoms with Crippen LogP contribution in [0.25, 0.3) is 0 Å². The smallest absolute Gasteiger partial charge is 0.273 e. The molecule has 0 aliphatic heterocycles. The van der Waals surface area contributed by atoms with E-state index in [1.807, 2.05) is 0 Å². The van der Waals surface area contributed by atoms with E-state index in [0.29, 0.717) is 0 Å². The van der Waals surface area contributed by atoms with Gasteiger partial charge in [0.25, 0.3) is 11.4 Å². The van der Waals surface area contributed by atoms with Gasteiger partial charge in [0.1, 0.15) is 11.5 Å². The van der Waals surface area contributed by atoms with Crippen molar-refractivity contribution in [1.82, 2.24) is 0 Å². The van der Waals surface area contributed by atoms with Crippen molar-refractivity contribution in [2.75, 3.05) is 11.1 Å². The molecule has 25 heavy (non-hydrogen) atoms. The first-order valence-corrected chi connectivity index (χ1v) is 6.59. The van der Waals surface area contributed by atoms with Gasteiger partial charge in [0.2, 0.25) is 5.91 Å². The Morgan fingerprint density at radius 1 is 1.00 bits per heavy atom. The predicted octanol–water partition coefficient (Wildman–Crippen LogP) is 2.14. The van der Waals surface area contributed by atoms with Crippen LogP contribution in [0.1, 0.15) is 6.92 Å². The number of nitrogen functional groups attached to an aromatic ring is 1. The van der Waals surface area contributed by atoms with Crippen molar-refractivity contribution in [3.05, 3.63) is 56.6 Å². The summed E-state index contributed by atoms with van der Waals surface area (Å²) in [6.45, 7) is 1.28. The molecule has 0 aromatic heterocycles. The molecule has 0 aliphatic carbocycles. The molecule has 0 bridgehead atoms. The van der Waals surface area contributed by atoms with Crippen LogP contribution in [0, 0.1) is 20.2 Å². The minimum absolute atomic E-state index is 0.135. The molecule has 0 aliphatic rings. The number of benzene rings is 2. The Morgan fingerprint density at radius 3 is 1.88 bits per heavy atom. The number of rotatable bonds is 3. The number of amides is 1. The maximum atomic E-state index is 10.6. The van der Waals surface area contributed by atoms with E-state index in [-0.39, 0.29) is 40.2 Å². The zero-order valence-corrected chi connectivity index (χ0v) is 12.9. The number of aromatic hydroxyl groups is 2. The van der Waals surface area contributed by atoms with Gasteiger partial charge in [-0.3, -0.25) is 25.0 Å². The van der Waals surface area contributed by atoms with Gasteiger partial charge in [-0.05, 0) is 12.1 Å². The maximum absolute atomic E-state index is 10.6. The predicted molar refractivity (Wildman–Crippen MR) is 88.2 cm³/mol. The van der Waals surface area contributed by atoms with Crippen LogP contribution in [-0.2, 0) is 4.79 Å². The summed E-state index contributed by atoms with van der Waals surface area (Å²) in [4.78, 5) is 29.8. The Bertz CT molecular complexity index is 823. The maximum Gasteiger partial charge on any atom is 0.273 e. The molecule has 0 spiro atoms. The lowest BCUT2D eigenvalue weighted by molar-refractivity contribution is -0.385. The van der Waals surface area contributed by atoms with E-state index in [9.17, 15) is 30.1 Å². The lowest BCUT2D eigenvalue weighted by atomic mass is 10.2. The van der Waals surface area contributed by atoms with Crippen LogP contribution >= 0.6 is 0 Å². The second-order valence-corrected chi connectivity index (χ2v) is 4.64. The summed E-state index contributed by atoms with van der Waals surface area (Å²) in [7, 11) is 0. The molecule has 5 N–H and O–H groups in total. The van der Waals surface area contributed by atoms with Crippen LogP contribution in [0.5, 0.6) is 11.5 Å². The summed E-state index contributed by atoms with van der Waals surface area (Å²) < 4.78 is 0. The summed E-state index contributed by atoms with van der Waals surface area (Å²) in [6, 6.07) is 6.98. The highest BCUT2D eigenvalue weighted by molar-refractivity contribution is 5.90. The van der Waals surface area contributed by atoms with Crippen LogP contribution in [0.15, 0.2) is 36.4 Å². The largest absolute Gasteiger partial charge is 0.506 e. The van der Waals surface area contributed by atoms with Gasteiger partial charge in [-0.15, -0.1) is 0 Å². The lowest BCUT2D eigenvalue weighted by Gasteiger charge is -2.03. The number of carbonyl (C=O) groups excluding carboxylic acids is 1. The highest BCUT2D eigenvalue weighted by Gasteiger charge is 2.10. The van der Waals surface area contributed by atoms with Crippen LogP contribution < -0.4 is 11.1 Å². The number of nitro benzene ring substituents is 2. The number of nitrogens with one attached hydrogen (secondary N) is 1. The van der Waals surface area contributed by atoms with Crippen molar-refractivity contribution in [2.45, 2.75) is 6.92 Å². The van der Waals surface area contributed by atoms with Gasteiger partial charge >= 0.3 is 0 Å². The fourth-order valence-corrected chi connectivity index (χ4v) is 1.57. The molecule has 2 aromatic carbocycles. The van der Waals surface area contributed by atoms with Gasteiger partial charge in [0, 0.05) is 19.1 Å². The molecule has 1 amide bonds. The fraction of sp³-hybridized carbons (Fsp3) is 0.0714. The SMILES string of the molecule is CC(=O)Nc1ccc([N+](=O)[O-])cc1O.Nc1ccc([N+](=O)[O-])cc1O. The zero-order valence-electron chi connectivity index (χ0n) is 12.9. The monoisotopic (exact) mass is 350 g/mol. The molecular formula is C14H14N4O7. The third-order valence-electron chi connectivity index (χ3n) is 2.73. The van der Waals surface area contributed by atoms with Crippen molar-refractivity contribution in [3.63, 3.8) is 0 Å². The molecular weight excluding hydrogens is 336 g/mol. The number of anilines is 2. The number of nitrogens with zero attached hydrogens (tertiary/aromatic N) is 2. The summed E-state index contributed by atoms with van der Waals surface area (Å²) in [5, 5.41) is 40.9. The average Bonchev–Trinajstić information content (AvgIpc) is 2.52. The normalized spacial score (nSPS) is 9.48. The highest BCUT2D eigenvalue weighted by atomic mass is 16.6. The number of non-ortho nitro benzene ring substituents is 2. The van der Waals surface area contributed by atoms with Gasteiger partial charge < -0.3 is 21.3 Å². The molecule has 0 saturated heterocycles. The number of hydrogen-bond donors (Lipinski definition) is 4. The molecule has 132 valence electrons. The Labute approximate surface area is 140 Å². The molecule has 0 fully saturated rings. The van der Waals surface area contributed by atoms with E-state index < -0.39 is 9.85 Å². The average molecular weight is 350 g/mol. The fourth-order valence-electron chi connectivity index (χ4n) is 1.57. The molecule has 0 unspecified atom stereocenters. The van der Waals surface area contributed by atoms with Crippen molar-refractivity contribution >= 4 is 28.7 Å². The minimum atomic E-state index is -0.628. The van der Waals surface area contributed by atoms with Crippen LogP contribution in [0.4, 0.5) is 22.7 Å². The molecule has 2 aromatic rings. The summed E-state index contributed by atoms with van der Waals surface area (Å²) in [6.07, 6.45) is 0. The number of phenols is 2. The first-order chi connectivity index (χ1) is 11.6. The van der Waals surface area contributed by atoms with Crippen molar-refractivity contribution in [3.8, 4) is 11.5 Å². The van der Waals surface area contributed by atoms with Crippen molar-refractivity contribution in [2.24, 2.45) is 0 Å². The Kier molecular flexibility index (Phi) is 6.21. The molecule has 0 atom stereocenters. The van der Waals surface area contributed by atoms with E-state index >= 15 is 0 Å². The molecule has 0 heterocycles. The first-order valence-electron chi connectivity index (χ1n) is 6.59. The summed E-state index contributed by atoms with van der Waals surface area (Å²) in [5.41, 5.74) is 5.11. The summed E-state index contributed by atoms with van der Waals surface area (Å²) in [5.74, 6) is -0.942. The van der Waals surface area contributed by atoms with Gasteiger partial charge in [0.15, 0.2) is 0 Å². The van der Waals surface area contributed by atoms with Crippen LogP contribution in [-0.4, -0.2) is 26.0 Å². The van der Waals surface area contributed by atoms with Crippen molar-refractivity contribution in [1.29, 1.82) is 0 Å². The second-order valence-electron chi connectivity index (χ2n) is 4.64. The third-order valence-corrected chi connectivity index (χ3v) is 2.73. The minimum Gasteiger partial charge on any atom is -0.506 e. The van der Waals surface area contributed by atoms with Crippen LogP contribution in [0.3, 0.4) is 0 Å². The number of carbonyl (C=O) groups is 1. The van der Waals surface area contributed by atoms with Gasteiger partial charge in [-0.1, -0.05) is 0 Å². The second kappa shape index (κ2) is 8.10. The Balaban J connectivity index is 0.000000257. The highest BCUT2D eigenvalue weighted by Crippen LogP contribution is 2.27. The van der Waals surface area contributed by atoms with Crippen LogP contribution in [0.2, 0.25) is 0 Å². The summed E-state index contributed by atoms with van der Waals surface area (Å²) >= 11 is 0. The molecule has 0 radical (unpaired) electrons. The molecule has 0 saturated carbocycles. The quantitative estimate of drug-likeness (QED) is 0.281. The Morgan fingerprint density at radius 2 is 1.48 bits per heavy atom. The zero-order chi connectivity index (χ0) is 19.1. The van der Waals surface area contributed by atoms with E-state index in [1.54, 1.807) is 0 Å². The molecule has 11 nitrogen and oxygen atoms in total. The van der Waals surface area contributed by atoms with E-state index in [1.165, 1.54) is 31.2 Å². The van der Waals surface area contributed by atoms with Gasteiger partial charge in [0.05, 0.1) is 33.4 Å².